The zero-order chi connectivity index (χ0) is 26.4. The third kappa shape index (κ3) is 6.47. The van der Waals surface area contributed by atoms with Crippen molar-refractivity contribution in [1.82, 2.24) is 0 Å². The smallest absolute Gasteiger partial charge is 0.314 e. The first-order valence-corrected chi connectivity index (χ1v) is 22.6. The van der Waals surface area contributed by atoms with Crippen LogP contribution < -0.4 is 4.74 Å². The minimum atomic E-state index is -2.28. The normalized spacial score (nSPS) is 26.4. The zero-order valence-corrected chi connectivity index (χ0v) is 27.0. The Balaban J connectivity index is 1.62. The van der Waals surface area contributed by atoms with Gasteiger partial charge in [0.2, 0.25) is 0 Å². The molecule has 2 aliphatic rings. The second-order valence-electron chi connectivity index (χ2n) is 13.8. The van der Waals surface area contributed by atoms with Crippen LogP contribution >= 0.6 is 0 Å². The summed E-state index contributed by atoms with van der Waals surface area (Å²) in [6.07, 6.45) is 4.24. The van der Waals surface area contributed by atoms with Crippen LogP contribution in [-0.4, -0.2) is 37.6 Å². The summed E-state index contributed by atoms with van der Waals surface area (Å²) in [5.74, 6) is 1.93. The second-order valence-corrected chi connectivity index (χ2v) is 26.6. The molecule has 2 fully saturated rings. The summed E-state index contributed by atoms with van der Waals surface area (Å²) in [7, 11) is -5.69. The molecule has 0 N–H and O–H groups in total. The van der Waals surface area contributed by atoms with Crippen LogP contribution in [0.3, 0.4) is 0 Å². The van der Waals surface area contributed by atoms with Gasteiger partial charge >= 0.3 is 8.56 Å². The first kappa shape index (κ1) is 28.6. The fraction of sp³-hybridized carbons (Fsp3) is 0.679. The topological polar surface area (TPSA) is 44.8 Å². The molecule has 2 bridgehead atoms. The lowest BCUT2D eigenvalue weighted by molar-refractivity contribution is -0.125. The van der Waals surface area contributed by atoms with Crippen molar-refractivity contribution in [2.24, 2.45) is 22.7 Å². The molecular formula is C28H48O4Si3. The number of allylic oxidation sites excluding steroid dienone is 1. The van der Waals surface area contributed by atoms with Crippen LogP contribution in [0, 0.1) is 22.7 Å². The number of hydrogen-bond acceptors (Lipinski definition) is 4. The van der Waals surface area contributed by atoms with Gasteiger partial charge in [-0.1, -0.05) is 39.8 Å². The predicted molar refractivity (Wildman–Crippen MR) is 154 cm³/mol. The quantitative estimate of drug-likeness (QED) is 0.227. The Kier molecular flexibility index (Phi) is 7.92. The molecule has 196 valence electrons. The molecule has 1 aromatic carbocycles. The molecule has 0 amide bonds. The van der Waals surface area contributed by atoms with Gasteiger partial charge in [0.15, 0.2) is 22.4 Å². The molecular weight excluding hydrogens is 485 g/mol. The van der Waals surface area contributed by atoms with E-state index in [2.05, 4.69) is 91.7 Å². The Morgan fingerprint density at radius 2 is 1.51 bits per heavy atom. The third-order valence-corrected chi connectivity index (χ3v) is 17.7. The van der Waals surface area contributed by atoms with Gasteiger partial charge in [-0.15, -0.1) is 0 Å². The van der Waals surface area contributed by atoms with Crippen molar-refractivity contribution in [3.63, 3.8) is 0 Å². The largest absolute Gasteiger partial charge is 0.493 e. The van der Waals surface area contributed by atoms with E-state index in [0.29, 0.717) is 24.2 Å². The fourth-order valence-corrected chi connectivity index (χ4v) is 19.2. The molecule has 2 saturated carbocycles. The minimum Gasteiger partial charge on any atom is -0.493 e. The Morgan fingerprint density at radius 1 is 0.971 bits per heavy atom. The molecule has 7 heteroatoms. The lowest BCUT2D eigenvalue weighted by Gasteiger charge is -2.39. The maximum atomic E-state index is 13.1. The van der Waals surface area contributed by atoms with Gasteiger partial charge in [-0.05, 0) is 111 Å². The first-order valence-electron chi connectivity index (χ1n) is 13.2. The number of carbonyl (C=O) groups is 1. The van der Waals surface area contributed by atoms with Gasteiger partial charge in [0.05, 0.1) is 6.61 Å². The number of hydrogen-bond donors (Lipinski definition) is 0. The average molecular weight is 533 g/mol. The van der Waals surface area contributed by atoms with Crippen molar-refractivity contribution in [2.45, 2.75) is 92.4 Å². The van der Waals surface area contributed by atoms with E-state index in [1.54, 1.807) is 0 Å². The minimum absolute atomic E-state index is 0.0469. The Labute approximate surface area is 217 Å². The first-order chi connectivity index (χ1) is 15.9. The van der Waals surface area contributed by atoms with Crippen molar-refractivity contribution in [3.05, 3.63) is 35.4 Å². The van der Waals surface area contributed by atoms with Gasteiger partial charge in [0.25, 0.3) is 0 Å². The second kappa shape index (κ2) is 9.71. The Morgan fingerprint density at radius 3 is 1.97 bits per heavy atom. The van der Waals surface area contributed by atoms with Crippen molar-refractivity contribution >= 4 is 37.1 Å². The van der Waals surface area contributed by atoms with Crippen molar-refractivity contribution < 1.29 is 17.8 Å². The number of fused-ring (bicyclic) bond motifs is 2. The highest BCUT2D eigenvalue weighted by Gasteiger charge is 2.63. The molecule has 2 aliphatic carbocycles. The van der Waals surface area contributed by atoms with Crippen molar-refractivity contribution in [3.8, 4) is 5.75 Å². The van der Waals surface area contributed by atoms with E-state index < -0.39 is 25.2 Å². The summed E-state index contributed by atoms with van der Waals surface area (Å²) in [6, 6.07) is 9.13. The summed E-state index contributed by atoms with van der Waals surface area (Å²) in [5, 5.41) is 0. The number of ether oxygens (including phenoxy) is 1. The van der Waals surface area contributed by atoms with Crippen LogP contribution in [-0.2, 0) is 13.0 Å². The van der Waals surface area contributed by atoms with Gasteiger partial charge in [0.1, 0.15) is 5.75 Å². The average Bonchev–Trinajstić information content (AvgIpc) is 2.98. The molecule has 0 aromatic heterocycles. The van der Waals surface area contributed by atoms with Crippen LogP contribution in [0.4, 0.5) is 0 Å². The summed E-state index contributed by atoms with van der Waals surface area (Å²) in [6.45, 7) is 25.3. The number of ketones is 1. The van der Waals surface area contributed by atoms with Crippen LogP contribution in [0.1, 0.15) is 46.1 Å². The van der Waals surface area contributed by atoms with Crippen LogP contribution in [0.25, 0.3) is 6.08 Å². The van der Waals surface area contributed by atoms with E-state index in [1.807, 2.05) is 12.1 Å². The lowest BCUT2D eigenvalue weighted by atomic mass is 9.70. The maximum Gasteiger partial charge on any atom is 0.314 e. The lowest BCUT2D eigenvalue weighted by Crippen LogP contribution is -2.53. The maximum absolute atomic E-state index is 13.1. The molecule has 0 heterocycles. The third-order valence-electron chi connectivity index (χ3n) is 7.87. The van der Waals surface area contributed by atoms with Gasteiger partial charge in [0, 0.05) is 5.41 Å². The Hall–Kier alpha value is -0.999. The van der Waals surface area contributed by atoms with E-state index >= 15 is 0 Å². The van der Waals surface area contributed by atoms with Crippen LogP contribution in [0.2, 0.25) is 51.9 Å². The number of carbonyl (C=O) groups excluding carboxylic acids is 1. The molecule has 3 rings (SSSR count). The monoisotopic (exact) mass is 532 g/mol. The van der Waals surface area contributed by atoms with E-state index in [4.69, 9.17) is 13.0 Å². The van der Waals surface area contributed by atoms with Gasteiger partial charge in [-0.3, -0.25) is 4.79 Å². The standard InChI is InChI=1S/C28H48O4Si3/c1-21(20-35(11,31-33(5,6)7)32-34(8,9)10)19-30-23-14-12-22(13-15-23)18-24-25-16-17-28(4,26(24)29)27(25,2)3/h12-15,18,21,25H,16-17,19-20H2,1-11H3/b24-18+. The number of benzene rings is 1. The summed E-state index contributed by atoms with van der Waals surface area (Å²) in [5.41, 5.74) is 1.93. The molecule has 4 nitrogen and oxygen atoms in total. The highest BCUT2D eigenvalue weighted by Crippen LogP contribution is 2.65. The van der Waals surface area contributed by atoms with Crippen LogP contribution in [0.15, 0.2) is 29.8 Å². The molecule has 0 saturated heterocycles. The van der Waals surface area contributed by atoms with Gasteiger partial charge < -0.3 is 13.0 Å². The van der Waals surface area contributed by atoms with Crippen molar-refractivity contribution in [2.75, 3.05) is 6.61 Å². The van der Waals surface area contributed by atoms with Gasteiger partial charge in [-0.2, -0.15) is 0 Å². The molecule has 3 unspecified atom stereocenters. The predicted octanol–water partition coefficient (Wildman–Crippen LogP) is 7.89. The summed E-state index contributed by atoms with van der Waals surface area (Å²) in [4.78, 5) is 13.1. The number of Topliss-reactive ketones (excluding diaryl/α,β-unsaturated/α-hetero) is 1. The molecule has 1 aromatic rings. The molecule has 0 radical (unpaired) electrons. The highest BCUT2D eigenvalue weighted by molar-refractivity contribution is 6.87. The highest BCUT2D eigenvalue weighted by atomic mass is 28.5. The van der Waals surface area contributed by atoms with E-state index in [0.717, 1.165) is 35.8 Å². The molecule has 3 atom stereocenters. The molecule has 0 spiro atoms. The molecule has 0 aliphatic heterocycles. The Bertz CT molecular complexity index is 940. The molecule has 35 heavy (non-hydrogen) atoms. The van der Waals surface area contributed by atoms with E-state index in [-0.39, 0.29) is 10.8 Å². The summed E-state index contributed by atoms with van der Waals surface area (Å²) >= 11 is 0. The van der Waals surface area contributed by atoms with Crippen LogP contribution in [0.5, 0.6) is 5.75 Å². The fourth-order valence-electron chi connectivity index (χ4n) is 6.26. The van der Waals surface area contributed by atoms with E-state index in [9.17, 15) is 4.79 Å². The van der Waals surface area contributed by atoms with E-state index in [1.165, 1.54) is 0 Å². The zero-order valence-electron chi connectivity index (χ0n) is 24.0. The number of rotatable bonds is 10. The SMILES string of the molecule is CC(COc1ccc(/C=C2/C(=O)C3(C)CCC2C3(C)C)cc1)C[Si](C)(O[Si](C)(C)C)O[Si](C)(C)C. The van der Waals surface area contributed by atoms with Crippen molar-refractivity contribution in [1.29, 1.82) is 0 Å². The van der Waals surface area contributed by atoms with Gasteiger partial charge in [-0.25, -0.2) is 0 Å². The summed E-state index contributed by atoms with van der Waals surface area (Å²) < 4.78 is 19.5.